The Labute approximate surface area is 162 Å². The number of hydrogen-bond donors (Lipinski definition) is 1. The first kappa shape index (κ1) is 19.2. The molecule has 0 unspecified atom stereocenters. The minimum Gasteiger partial charge on any atom is -0.493 e. The van der Waals surface area contributed by atoms with Crippen molar-refractivity contribution in [2.24, 2.45) is 12.1 Å². The van der Waals surface area contributed by atoms with Gasteiger partial charge >= 0.3 is 0 Å². The molecule has 0 atom stereocenters. The molecule has 1 heterocycles. The van der Waals surface area contributed by atoms with Gasteiger partial charge in [0, 0.05) is 12.6 Å². The number of carbonyl (C=O) groups is 1. The van der Waals surface area contributed by atoms with Crippen molar-refractivity contribution in [1.29, 1.82) is 0 Å². The van der Waals surface area contributed by atoms with Crippen LogP contribution in [0.15, 0.2) is 41.5 Å². The van der Waals surface area contributed by atoms with Crippen LogP contribution >= 0.6 is 0 Å². The zero-order valence-electron chi connectivity index (χ0n) is 16.2. The minimum absolute atomic E-state index is 0.123. The van der Waals surface area contributed by atoms with Crippen molar-refractivity contribution in [1.82, 2.24) is 15.0 Å². The van der Waals surface area contributed by atoms with Gasteiger partial charge < -0.3 is 18.8 Å². The van der Waals surface area contributed by atoms with Crippen molar-refractivity contribution in [3.63, 3.8) is 0 Å². The molecular weight excluding hydrogens is 360 g/mol. The van der Waals surface area contributed by atoms with Crippen molar-refractivity contribution in [2.75, 3.05) is 21.3 Å². The van der Waals surface area contributed by atoms with E-state index >= 15 is 0 Å². The summed E-state index contributed by atoms with van der Waals surface area (Å²) in [6, 6.07) is 11.2. The summed E-state index contributed by atoms with van der Waals surface area (Å²) in [6.45, 7) is 0. The van der Waals surface area contributed by atoms with E-state index in [1.165, 1.54) is 27.5 Å². The number of fused-ring (bicyclic) bond motifs is 1. The summed E-state index contributed by atoms with van der Waals surface area (Å²) in [5, 5.41) is 4.01. The number of imidazole rings is 1. The number of aryl methyl sites for hydroxylation is 1. The lowest BCUT2D eigenvalue weighted by Crippen LogP contribution is -2.21. The highest BCUT2D eigenvalue weighted by Gasteiger charge is 2.13. The third-order valence-electron chi connectivity index (χ3n) is 4.29. The molecular formula is C20H22N4O4. The fraction of sp³-hybridized carbons (Fsp3) is 0.250. The molecule has 0 aliphatic rings. The number of carbonyl (C=O) groups excluding carboxylic acids is 1. The lowest BCUT2D eigenvalue weighted by molar-refractivity contribution is -0.120. The second kappa shape index (κ2) is 8.43. The topological polar surface area (TPSA) is 87.0 Å². The summed E-state index contributed by atoms with van der Waals surface area (Å²) < 4.78 is 17.8. The van der Waals surface area contributed by atoms with Gasteiger partial charge in [-0.2, -0.15) is 5.10 Å². The van der Waals surface area contributed by atoms with Crippen molar-refractivity contribution in [3.05, 3.63) is 47.8 Å². The molecule has 0 aliphatic heterocycles. The maximum atomic E-state index is 12.2. The van der Waals surface area contributed by atoms with E-state index in [1.54, 1.807) is 12.1 Å². The molecule has 1 amide bonds. The number of nitrogens with zero attached hydrogens (tertiary/aromatic N) is 3. The van der Waals surface area contributed by atoms with E-state index in [1.807, 2.05) is 35.9 Å². The summed E-state index contributed by atoms with van der Waals surface area (Å²) in [6.07, 6.45) is 1.63. The Kier molecular flexibility index (Phi) is 5.78. The van der Waals surface area contributed by atoms with Gasteiger partial charge in [0.25, 0.3) is 0 Å². The largest absolute Gasteiger partial charge is 0.493 e. The van der Waals surface area contributed by atoms with E-state index in [0.717, 1.165) is 11.0 Å². The predicted molar refractivity (Wildman–Crippen MR) is 106 cm³/mol. The smallest absolute Gasteiger partial charge is 0.247 e. The van der Waals surface area contributed by atoms with Crippen LogP contribution in [0.4, 0.5) is 0 Å². The first-order chi connectivity index (χ1) is 13.6. The highest BCUT2D eigenvalue weighted by Crippen LogP contribution is 2.37. The van der Waals surface area contributed by atoms with Gasteiger partial charge in [-0.25, -0.2) is 10.4 Å². The molecule has 0 saturated carbocycles. The van der Waals surface area contributed by atoms with Gasteiger partial charge in [0.05, 0.1) is 45.0 Å². The number of para-hydroxylation sites is 2. The van der Waals surface area contributed by atoms with E-state index in [4.69, 9.17) is 14.2 Å². The maximum absolute atomic E-state index is 12.2. The van der Waals surface area contributed by atoms with Crippen molar-refractivity contribution >= 4 is 23.2 Å². The van der Waals surface area contributed by atoms with Crippen molar-refractivity contribution < 1.29 is 19.0 Å². The third kappa shape index (κ3) is 3.90. The Balaban J connectivity index is 1.70. The van der Waals surface area contributed by atoms with Gasteiger partial charge in [0.15, 0.2) is 11.5 Å². The molecule has 0 bridgehead atoms. The standard InChI is InChI=1S/C20H22N4O4/c1-24-15-8-6-5-7-14(15)22-18(24)11-19(25)23-21-12-13-9-16(26-2)20(28-4)17(10-13)27-3/h5-10,12H,11H2,1-4H3,(H,23,25)/b21-12+. The quantitative estimate of drug-likeness (QED) is 0.500. The molecule has 2 aromatic carbocycles. The van der Waals surface area contributed by atoms with Crippen LogP contribution in [-0.4, -0.2) is 43.0 Å². The Morgan fingerprint density at radius 3 is 2.43 bits per heavy atom. The number of amides is 1. The third-order valence-corrected chi connectivity index (χ3v) is 4.29. The van der Waals surface area contributed by atoms with Crippen molar-refractivity contribution in [2.45, 2.75) is 6.42 Å². The van der Waals surface area contributed by atoms with Crippen LogP contribution in [0.1, 0.15) is 11.4 Å². The summed E-state index contributed by atoms with van der Waals surface area (Å²) in [4.78, 5) is 16.7. The number of ether oxygens (including phenoxy) is 3. The van der Waals surface area contributed by atoms with Crippen LogP contribution in [0.5, 0.6) is 17.2 Å². The van der Waals surface area contributed by atoms with Crippen LogP contribution in [-0.2, 0) is 18.3 Å². The average molecular weight is 382 g/mol. The number of benzene rings is 2. The summed E-state index contributed by atoms with van der Waals surface area (Å²) in [7, 11) is 6.50. The van der Waals surface area contributed by atoms with Crippen molar-refractivity contribution in [3.8, 4) is 17.2 Å². The first-order valence-electron chi connectivity index (χ1n) is 8.59. The van der Waals surface area contributed by atoms with Crippen LogP contribution in [0.3, 0.4) is 0 Å². The Morgan fingerprint density at radius 1 is 1.14 bits per heavy atom. The molecule has 1 aromatic heterocycles. The summed E-state index contributed by atoms with van der Waals surface area (Å²) >= 11 is 0. The van der Waals surface area contributed by atoms with Gasteiger partial charge in [-0.05, 0) is 24.3 Å². The lowest BCUT2D eigenvalue weighted by Gasteiger charge is -2.12. The van der Waals surface area contributed by atoms with Gasteiger partial charge in [0.2, 0.25) is 11.7 Å². The van der Waals surface area contributed by atoms with Crippen LogP contribution in [0, 0.1) is 0 Å². The van der Waals surface area contributed by atoms with Gasteiger partial charge in [-0.15, -0.1) is 0 Å². The lowest BCUT2D eigenvalue weighted by atomic mass is 10.2. The molecule has 8 heteroatoms. The number of rotatable bonds is 7. The summed E-state index contributed by atoms with van der Waals surface area (Å²) in [5.41, 5.74) is 5.04. The first-order valence-corrected chi connectivity index (χ1v) is 8.59. The predicted octanol–water partition coefficient (Wildman–Crippen LogP) is 2.29. The molecule has 1 N–H and O–H groups in total. The summed E-state index contributed by atoms with van der Waals surface area (Å²) in [5.74, 6) is 1.92. The molecule has 0 radical (unpaired) electrons. The van der Waals surface area contributed by atoms with Gasteiger partial charge in [0.1, 0.15) is 5.82 Å². The Hall–Kier alpha value is -3.55. The maximum Gasteiger partial charge on any atom is 0.247 e. The van der Waals surface area contributed by atoms with E-state index in [-0.39, 0.29) is 12.3 Å². The van der Waals surface area contributed by atoms with Gasteiger partial charge in [-0.1, -0.05) is 12.1 Å². The number of hydrogen-bond acceptors (Lipinski definition) is 6. The molecule has 3 rings (SSSR count). The fourth-order valence-electron chi connectivity index (χ4n) is 2.89. The fourth-order valence-corrected chi connectivity index (χ4v) is 2.89. The van der Waals surface area contributed by atoms with E-state index in [2.05, 4.69) is 15.5 Å². The average Bonchev–Trinajstić information content (AvgIpc) is 3.02. The molecule has 0 saturated heterocycles. The molecule has 146 valence electrons. The number of nitrogens with one attached hydrogen (secondary N) is 1. The molecule has 3 aromatic rings. The Morgan fingerprint density at radius 2 is 1.82 bits per heavy atom. The molecule has 0 spiro atoms. The van der Waals surface area contributed by atoms with Crippen LogP contribution in [0.25, 0.3) is 11.0 Å². The second-order valence-corrected chi connectivity index (χ2v) is 6.00. The monoisotopic (exact) mass is 382 g/mol. The zero-order valence-corrected chi connectivity index (χ0v) is 16.2. The number of aromatic nitrogens is 2. The van der Waals surface area contributed by atoms with E-state index in [9.17, 15) is 4.79 Å². The molecule has 0 fully saturated rings. The highest BCUT2D eigenvalue weighted by atomic mass is 16.5. The number of methoxy groups -OCH3 is 3. The normalized spacial score (nSPS) is 11.0. The minimum atomic E-state index is -0.262. The highest BCUT2D eigenvalue weighted by molar-refractivity contribution is 5.85. The van der Waals surface area contributed by atoms with Gasteiger partial charge in [-0.3, -0.25) is 4.79 Å². The molecule has 0 aliphatic carbocycles. The second-order valence-electron chi connectivity index (χ2n) is 6.00. The van der Waals surface area contributed by atoms with Crippen LogP contribution in [0.2, 0.25) is 0 Å². The molecule has 8 nitrogen and oxygen atoms in total. The van der Waals surface area contributed by atoms with E-state index in [0.29, 0.717) is 28.6 Å². The van der Waals surface area contributed by atoms with E-state index < -0.39 is 0 Å². The zero-order chi connectivity index (χ0) is 20.1. The molecule has 28 heavy (non-hydrogen) atoms. The number of hydrazone groups is 1. The van der Waals surface area contributed by atoms with Crippen LogP contribution < -0.4 is 19.6 Å². The SMILES string of the molecule is COc1cc(/C=N/NC(=O)Cc2nc3ccccc3n2C)cc(OC)c1OC. The Bertz CT molecular complexity index is 1000.